The van der Waals surface area contributed by atoms with Crippen LogP contribution in [0, 0.1) is 0 Å². The molecular weight excluding hydrogens is 265 g/mol. The van der Waals surface area contributed by atoms with Gasteiger partial charge in [0.2, 0.25) is 5.91 Å². The maximum absolute atomic E-state index is 12.2. The van der Waals surface area contributed by atoms with Crippen molar-refractivity contribution < 1.29 is 27.9 Å². The van der Waals surface area contributed by atoms with Crippen LogP contribution < -0.4 is 5.32 Å². The van der Waals surface area contributed by atoms with Crippen LogP contribution in [0.4, 0.5) is 13.2 Å². The lowest BCUT2D eigenvalue weighted by atomic mass is 10.2. The highest BCUT2D eigenvalue weighted by Gasteiger charge is 2.32. The second kappa shape index (κ2) is 7.98. The number of hydrogen-bond donors (Lipinski definition) is 2. The Labute approximate surface area is 109 Å². The van der Waals surface area contributed by atoms with Crippen LogP contribution in [0.3, 0.4) is 0 Å². The number of rotatable bonds is 8. The number of hydrogen-bond acceptors (Lipinski definition) is 3. The minimum atomic E-state index is -4.54. The highest BCUT2D eigenvalue weighted by molar-refractivity contribution is 5.79. The largest absolute Gasteiger partial charge is 0.480 e. The Kier molecular flexibility index (Phi) is 7.43. The van der Waals surface area contributed by atoms with Gasteiger partial charge in [-0.25, -0.2) is 0 Å². The smallest absolute Gasteiger partial charge is 0.401 e. The fourth-order valence-corrected chi connectivity index (χ4v) is 1.58. The van der Waals surface area contributed by atoms with Gasteiger partial charge in [0.15, 0.2) is 0 Å². The van der Waals surface area contributed by atoms with E-state index in [9.17, 15) is 22.8 Å². The van der Waals surface area contributed by atoms with Gasteiger partial charge in [0.1, 0.15) is 0 Å². The third kappa shape index (κ3) is 9.29. The van der Waals surface area contributed by atoms with Crippen LogP contribution in [0.1, 0.15) is 26.7 Å². The second-order valence-electron chi connectivity index (χ2n) is 4.24. The minimum Gasteiger partial charge on any atom is -0.480 e. The van der Waals surface area contributed by atoms with E-state index in [1.54, 1.807) is 0 Å². The summed E-state index contributed by atoms with van der Waals surface area (Å²) in [4.78, 5) is 22.6. The fraction of sp³-hybridized carbons (Fsp3) is 0.818. The highest BCUT2D eigenvalue weighted by atomic mass is 19.4. The van der Waals surface area contributed by atoms with Gasteiger partial charge in [0.05, 0.1) is 19.6 Å². The quantitative estimate of drug-likeness (QED) is 0.703. The van der Waals surface area contributed by atoms with Crippen molar-refractivity contribution >= 4 is 11.9 Å². The SMILES string of the molecule is CCC(CC)NC(=O)CN(CC(=O)O)CC(F)(F)F. The van der Waals surface area contributed by atoms with E-state index in [1.165, 1.54) is 0 Å². The third-order valence-corrected chi connectivity index (χ3v) is 2.48. The van der Waals surface area contributed by atoms with E-state index >= 15 is 0 Å². The Hall–Kier alpha value is -1.31. The number of carboxylic acid groups (broad SMARTS) is 1. The van der Waals surface area contributed by atoms with E-state index in [-0.39, 0.29) is 6.04 Å². The molecule has 0 bridgehead atoms. The second-order valence-corrected chi connectivity index (χ2v) is 4.24. The summed E-state index contributed by atoms with van der Waals surface area (Å²) in [6, 6.07) is -0.106. The lowest BCUT2D eigenvalue weighted by Crippen LogP contribution is -2.46. The number of alkyl halides is 3. The molecule has 0 atom stereocenters. The molecule has 112 valence electrons. The van der Waals surface area contributed by atoms with Crippen molar-refractivity contribution in [3.63, 3.8) is 0 Å². The van der Waals surface area contributed by atoms with Gasteiger partial charge < -0.3 is 10.4 Å². The lowest BCUT2D eigenvalue weighted by molar-refractivity contribution is -0.155. The van der Waals surface area contributed by atoms with Crippen LogP contribution in [0.5, 0.6) is 0 Å². The topological polar surface area (TPSA) is 69.6 Å². The van der Waals surface area contributed by atoms with Gasteiger partial charge in [-0.2, -0.15) is 13.2 Å². The molecule has 19 heavy (non-hydrogen) atoms. The summed E-state index contributed by atoms with van der Waals surface area (Å²) in [6.07, 6.45) is -3.20. The summed E-state index contributed by atoms with van der Waals surface area (Å²) in [5, 5.41) is 11.1. The first-order valence-corrected chi connectivity index (χ1v) is 5.98. The monoisotopic (exact) mass is 284 g/mol. The van der Waals surface area contributed by atoms with Gasteiger partial charge in [0, 0.05) is 6.04 Å². The molecule has 2 N–H and O–H groups in total. The van der Waals surface area contributed by atoms with E-state index < -0.39 is 37.7 Å². The number of carbonyl (C=O) groups excluding carboxylic acids is 1. The maximum Gasteiger partial charge on any atom is 0.401 e. The summed E-state index contributed by atoms with van der Waals surface area (Å²) in [5.41, 5.74) is 0. The summed E-state index contributed by atoms with van der Waals surface area (Å²) in [7, 11) is 0. The molecule has 0 aromatic carbocycles. The summed E-state index contributed by atoms with van der Waals surface area (Å²) >= 11 is 0. The zero-order valence-corrected chi connectivity index (χ0v) is 11.0. The van der Waals surface area contributed by atoms with Crippen LogP contribution in [0.25, 0.3) is 0 Å². The van der Waals surface area contributed by atoms with Crippen molar-refractivity contribution in [3.8, 4) is 0 Å². The molecule has 0 spiro atoms. The summed E-state index contributed by atoms with van der Waals surface area (Å²) in [5.74, 6) is -2.00. The van der Waals surface area contributed by atoms with E-state index in [2.05, 4.69) is 5.32 Å². The zero-order chi connectivity index (χ0) is 15.1. The molecule has 0 saturated carbocycles. The molecule has 0 saturated heterocycles. The average molecular weight is 284 g/mol. The number of nitrogens with one attached hydrogen (secondary N) is 1. The highest BCUT2D eigenvalue weighted by Crippen LogP contribution is 2.16. The van der Waals surface area contributed by atoms with Gasteiger partial charge in [-0.1, -0.05) is 13.8 Å². The molecule has 0 radical (unpaired) electrons. The predicted molar refractivity (Wildman–Crippen MR) is 62.6 cm³/mol. The Balaban J connectivity index is 4.46. The first-order chi connectivity index (χ1) is 8.67. The summed E-state index contributed by atoms with van der Waals surface area (Å²) in [6.45, 7) is 0.867. The third-order valence-electron chi connectivity index (χ3n) is 2.48. The van der Waals surface area contributed by atoms with Crippen molar-refractivity contribution in [2.24, 2.45) is 0 Å². The molecule has 8 heteroatoms. The normalized spacial score (nSPS) is 11.9. The van der Waals surface area contributed by atoms with Crippen molar-refractivity contribution in [2.75, 3.05) is 19.6 Å². The molecular formula is C11H19F3N2O3. The van der Waals surface area contributed by atoms with Gasteiger partial charge in [0.25, 0.3) is 0 Å². The summed E-state index contributed by atoms with van der Waals surface area (Å²) < 4.78 is 36.7. The Bertz CT molecular complexity index is 304. The van der Waals surface area contributed by atoms with E-state index in [0.717, 1.165) is 0 Å². The average Bonchev–Trinajstić information content (AvgIpc) is 2.22. The Morgan fingerprint density at radius 1 is 1.21 bits per heavy atom. The van der Waals surface area contributed by atoms with E-state index in [1.807, 2.05) is 13.8 Å². The molecule has 0 unspecified atom stereocenters. The van der Waals surface area contributed by atoms with E-state index in [0.29, 0.717) is 17.7 Å². The molecule has 5 nitrogen and oxygen atoms in total. The molecule has 0 aliphatic rings. The number of nitrogens with zero attached hydrogens (tertiary/aromatic N) is 1. The van der Waals surface area contributed by atoms with Crippen molar-refractivity contribution in [3.05, 3.63) is 0 Å². The van der Waals surface area contributed by atoms with Crippen LogP contribution in [-0.4, -0.2) is 53.7 Å². The van der Waals surface area contributed by atoms with Gasteiger partial charge in [-0.15, -0.1) is 0 Å². The molecule has 0 aromatic heterocycles. The first-order valence-electron chi connectivity index (χ1n) is 5.98. The van der Waals surface area contributed by atoms with Crippen LogP contribution in [-0.2, 0) is 9.59 Å². The maximum atomic E-state index is 12.2. The molecule has 0 aliphatic carbocycles. The lowest BCUT2D eigenvalue weighted by Gasteiger charge is -2.22. The number of amides is 1. The molecule has 0 aromatic rings. The van der Waals surface area contributed by atoms with Crippen molar-refractivity contribution in [1.82, 2.24) is 10.2 Å². The van der Waals surface area contributed by atoms with Crippen molar-refractivity contribution in [2.45, 2.75) is 38.9 Å². The Morgan fingerprint density at radius 2 is 1.74 bits per heavy atom. The van der Waals surface area contributed by atoms with Gasteiger partial charge in [-0.3, -0.25) is 14.5 Å². The van der Waals surface area contributed by atoms with Crippen LogP contribution in [0.15, 0.2) is 0 Å². The standard InChI is InChI=1S/C11H19F3N2O3/c1-3-8(4-2)15-9(17)5-16(6-10(18)19)7-11(12,13)14/h8H,3-7H2,1-2H3,(H,15,17)(H,18,19). The minimum absolute atomic E-state index is 0.106. The van der Waals surface area contributed by atoms with Gasteiger partial charge in [-0.05, 0) is 12.8 Å². The number of aliphatic carboxylic acids is 1. The number of carboxylic acids is 1. The molecule has 0 aliphatic heterocycles. The van der Waals surface area contributed by atoms with Crippen LogP contribution >= 0.6 is 0 Å². The fourth-order valence-electron chi connectivity index (χ4n) is 1.58. The first kappa shape index (κ1) is 17.7. The van der Waals surface area contributed by atoms with Crippen LogP contribution in [0.2, 0.25) is 0 Å². The molecule has 0 fully saturated rings. The van der Waals surface area contributed by atoms with E-state index in [4.69, 9.17) is 5.11 Å². The van der Waals surface area contributed by atoms with Crippen molar-refractivity contribution in [1.29, 1.82) is 0 Å². The molecule has 0 heterocycles. The Morgan fingerprint density at radius 3 is 2.11 bits per heavy atom. The molecule has 1 amide bonds. The molecule has 0 rings (SSSR count). The zero-order valence-electron chi connectivity index (χ0n) is 11.0. The number of carbonyl (C=O) groups is 2. The number of halogens is 3. The predicted octanol–water partition coefficient (Wildman–Crippen LogP) is 1.24. The van der Waals surface area contributed by atoms with Gasteiger partial charge >= 0.3 is 12.1 Å².